The lowest BCUT2D eigenvalue weighted by molar-refractivity contribution is 0.349. The van der Waals surface area contributed by atoms with E-state index in [9.17, 15) is 0 Å². The van der Waals surface area contributed by atoms with Crippen molar-refractivity contribution < 1.29 is 4.74 Å². The summed E-state index contributed by atoms with van der Waals surface area (Å²) in [5, 5.41) is 0.404. The lowest BCUT2D eigenvalue weighted by Gasteiger charge is -2.09. The van der Waals surface area contributed by atoms with Crippen LogP contribution < -0.4 is 4.74 Å². The molecule has 0 spiro atoms. The molecule has 0 atom stereocenters. The molecule has 0 aromatic carbocycles. The van der Waals surface area contributed by atoms with E-state index in [0.29, 0.717) is 17.5 Å². The van der Waals surface area contributed by atoms with E-state index < -0.39 is 0 Å². The highest BCUT2D eigenvalue weighted by molar-refractivity contribution is 6.30. The van der Waals surface area contributed by atoms with Crippen LogP contribution in [0.15, 0.2) is 24.4 Å². The van der Waals surface area contributed by atoms with Gasteiger partial charge in [0.1, 0.15) is 6.61 Å². The Morgan fingerprint density at radius 1 is 1.69 bits per heavy atom. The molecular formula is C10H12ClNO. The molecule has 0 radical (unpaired) electrons. The van der Waals surface area contributed by atoms with Crippen LogP contribution in [0.2, 0.25) is 5.15 Å². The number of nitrogens with zero attached hydrogens (tertiary/aromatic N) is 1. The minimum absolute atomic E-state index is 0.404. The van der Waals surface area contributed by atoms with Gasteiger partial charge in [-0.05, 0) is 31.1 Å². The summed E-state index contributed by atoms with van der Waals surface area (Å²) in [4.78, 5) is 3.93. The monoisotopic (exact) mass is 197 g/mol. The van der Waals surface area contributed by atoms with Gasteiger partial charge in [0, 0.05) is 6.20 Å². The van der Waals surface area contributed by atoms with Crippen LogP contribution in [0.1, 0.15) is 12.5 Å². The fraction of sp³-hybridized carbons (Fsp3) is 0.300. The van der Waals surface area contributed by atoms with E-state index in [-0.39, 0.29) is 0 Å². The number of ether oxygens (including phenoxy) is 1. The zero-order valence-corrected chi connectivity index (χ0v) is 8.56. The molecular weight excluding hydrogens is 186 g/mol. The third-order valence-electron chi connectivity index (χ3n) is 1.52. The van der Waals surface area contributed by atoms with Crippen molar-refractivity contribution in [3.8, 4) is 5.75 Å². The Bertz CT molecular complexity index is 302. The Balaban J connectivity index is 2.81. The summed E-state index contributed by atoms with van der Waals surface area (Å²) in [5.74, 6) is 0.646. The van der Waals surface area contributed by atoms with Crippen LogP contribution >= 0.6 is 11.6 Å². The van der Waals surface area contributed by atoms with E-state index in [2.05, 4.69) is 11.6 Å². The first-order valence-corrected chi connectivity index (χ1v) is 4.37. The van der Waals surface area contributed by atoms with Crippen molar-refractivity contribution in [2.75, 3.05) is 6.61 Å². The zero-order valence-electron chi connectivity index (χ0n) is 7.80. The summed E-state index contributed by atoms with van der Waals surface area (Å²) in [7, 11) is 0. The highest BCUT2D eigenvalue weighted by atomic mass is 35.5. The van der Waals surface area contributed by atoms with Gasteiger partial charge >= 0.3 is 0 Å². The van der Waals surface area contributed by atoms with Gasteiger partial charge in [-0.3, -0.25) is 0 Å². The van der Waals surface area contributed by atoms with Crippen LogP contribution in [0.5, 0.6) is 5.75 Å². The molecule has 0 N–H and O–H groups in total. The Labute approximate surface area is 83.2 Å². The minimum atomic E-state index is 0.404. The maximum absolute atomic E-state index is 5.85. The van der Waals surface area contributed by atoms with Crippen molar-refractivity contribution in [2.24, 2.45) is 0 Å². The Morgan fingerprint density at radius 2 is 2.38 bits per heavy atom. The zero-order chi connectivity index (χ0) is 9.84. The first-order chi connectivity index (χ1) is 6.11. The SMILES string of the molecule is C=C(C)COc1c(C)ccnc1Cl. The molecule has 13 heavy (non-hydrogen) atoms. The molecule has 2 nitrogen and oxygen atoms in total. The molecule has 0 unspecified atom stereocenters. The van der Waals surface area contributed by atoms with Crippen molar-refractivity contribution in [2.45, 2.75) is 13.8 Å². The molecule has 1 rings (SSSR count). The van der Waals surface area contributed by atoms with Crippen molar-refractivity contribution in [3.05, 3.63) is 35.1 Å². The van der Waals surface area contributed by atoms with Crippen molar-refractivity contribution in [1.82, 2.24) is 4.98 Å². The van der Waals surface area contributed by atoms with Gasteiger partial charge in [-0.25, -0.2) is 4.98 Å². The van der Waals surface area contributed by atoms with Crippen molar-refractivity contribution in [3.63, 3.8) is 0 Å². The van der Waals surface area contributed by atoms with Gasteiger partial charge in [-0.15, -0.1) is 0 Å². The fourth-order valence-corrected chi connectivity index (χ4v) is 1.14. The Hall–Kier alpha value is -1.02. The largest absolute Gasteiger partial charge is 0.486 e. The first kappa shape index (κ1) is 10.1. The molecule has 0 saturated heterocycles. The van der Waals surface area contributed by atoms with Gasteiger partial charge in [-0.1, -0.05) is 18.2 Å². The summed E-state index contributed by atoms with van der Waals surface area (Å²) in [6, 6.07) is 1.86. The second-order valence-electron chi connectivity index (χ2n) is 2.99. The van der Waals surface area contributed by atoms with Gasteiger partial charge < -0.3 is 4.74 Å². The normalized spacial score (nSPS) is 9.77. The Morgan fingerprint density at radius 3 is 2.92 bits per heavy atom. The van der Waals surface area contributed by atoms with Crippen LogP contribution in [0, 0.1) is 6.92 Å². The van der Waals surface area contributed by atoms with Crippen LogP contribution in [-0.2, 0) is 0 Å². The van der Waals surface area contributed by atoms with Gasteiger partial charge in [-0.2, -0.15) is 0 Å². The third kappa shape index (κ3) is 2.74. The van der Waals surface area contributed by atoms with Gasteiger partial charge in [0.15, 0.2) is 10.9 Å². The lowest BCUT2D eigenvalue weighted by atomic mass is 10.3. The summed E-state index contributed by atoms with van der Waals surface area (Å²) < 4.78 is 5.44. The minimum Gasteiger partial charge on any atom is -0.486 e. The third-order valence-corrected chi connectivity index (χ3v) is 1.79. The van der Waals surface area contributed by atoms with Crippen molar-refractivity contribution in [1.29, 1.82) is 0 Å². The standard InChI is InChI=1S/C10H12ClNO/c1-7(2)6-13-9-8(3)4-5-12-10(9)11/h4-5H,1,6H2,2-3H3. The van der Waals surface area contributed by atoms with Crippen LogP contribution in [0.25, 0.3) is 0 Å². The number of aryl methyl sites for hydroxylation is 1. The highest BCUT2D eigenvalue weighted by Gasteiger charge is 2.05. The molecule has 0 fully saturated rings. The molecule has 3 heteroatoms. The predicted molar refractivity (Wildman–Crippen MR) is 54.3 cm³/mol. The summed E-state index contributed by atoms with van der Waals surface area (Å²) in [6.45, 7) is 8.05. The summed E-state index contributed by atoms with van der Waals surface area (Å²) >= 11 is 5.85. The summed E-state index contributed by atoms with van der Waals surface area (Å²) in [6.07, 6.45) is 1.66. The molecule has 0 aliphatic heterocycles. The second kappa shape index (κ2) is 4.28. The number of rotatable bonds is 3. The molecule has 0 bridgehead atoms. The van der Waals surface area contributed by atoms with Crippen LogP contribution in [0.3, 0.4) is 0 Å². The van der Waals surface area contributed by atoms with Crippen LogP contribution in [-0.4, -0.2) is 11.6 Å². The first-order valence-electron chi connectivity index (χ1n) is 3.99. The van der Waals surface area contributed by atoms with E-state index in [1.165, 1.54) is 0 Å². The molecule has 0 aliphatic carbocycles. The lowest BCUT2D eigenvalue weighted by Crippen LogP contribution is -2.00. The van der Waals surface area contributed by atoms with E-state index in [0.717, 1.165) is 11.1 Å². The quantitative estimate of drug-likeness (QED) is 0.549. The highest BCUT2D eigenvalue weighted by Crippen LogP contribution is 2.25. The van der Waals surface area contributed by atoms with Gasteiger partial charge in [0.2, 0.25) is 0 Å². The van der Waals surface area contributed by atoms with E-state index >= 15 is 0 Å². The molecule has 0 saturated carbocycles. The second-order valence-corrected chi connectivity index (χ2v) is 3.35. The molecule has 1 heterocycles. The van der Waals surface area contributed by atoms with Gasteiger partial charge in [0.25, 0.3) is 0 Å². The van der Waals surface area contributed by atoms with E-state index in [4.69, 9.17) is 16.3 Å². The van der Waals surface area contributed by atoms with E-state index in [1.54, 1.807) is 6.20 Å². The average Bonchev–Trinajstić information content (AvgIpc) is 2.03. The maximum Gasteiger partial charge on any atom is 0.171 e. The van der Waals surface area contributed by atoms with Crippen molar-refractivity contribution >= 4 is 11.6 Å². The predicted octanol–water partition coefficient (Wildman–Crippen LogP) is 3.00. The molecule has 0 aliphatic rings. The topological polar surface area (TPSA) is 22.1 Å². The number of hydrogen-bond donors (Lipinski definition) is 0. The molecule has 1 aromatic heterocycles. The Kier molecular flexibility index (Phi) is 3.32. The van der Waals surface area contributed by atoms with E-state index in [1.807, 2.05) is 19.9 Å². The number of hydrogen-bond acceptors (Lipinski definition) is 2. The number of halogens is 1. The summed E-state index contributed by atoms with van der Waals surface area (Å²) in [5.41, 5.74) is 1.94. The van der Waals surface area contributed by atoms with Crippen LogP contribution in [0.4, 0.5) is 0 Å². The average molecular weight is 198 g/mol. The van der Waals surface area contributed by atoms with Gasteiger partial charge in [0.05, 0.1) is 0 Å². The smallest absolute Gasteiger partial charge is 0.171 e. The molecule has 0 amide bonds. The number of pyridine rings is 1. The molecule has 70 valence electrons. The number of aromatic nitrogens is 1. The fourth-order valence-electron chi connectivity index (χ4n) is 0.880. The maximum atomic E-state index is 5.85. The molecule has 1 aromatic rings.